The van der Waals surface area contributed by atoms with Crippen LogP contribution >= 0.6 is 0 Å². The van der Waals surface area contributed by atoms with Crippen LogP contribution in [0.2, 0.25) is 0 Å². The lowest BCUT2D eigenvalue weighted by atomic mass is 9.98. The SMILES string of the molecule is CCc1nn(C)cc1C(NN)c1ccc(OC)cc1F. The largest absolute Gasteiger partial charge is 0.497 e. The number of aryl methyl sites for hydroxylation is 2. The lowest BCUT2D eigenvalue weighted by molar-refractivity contribution is 0.410. The van der Waals surface area contributed by atoms with Gasteiger partial charge >= 0.3 is 0 Å². The van der Waals surface area contributed by atoms with Crippen molar-refractivity contribution in [2.45, 2.75) is 19.4 Å². The number of ether oxygens (including phenoxy) is 1. The maximum atomic E-state index is 14.2. The normalized spacial score (nSPS) is 12.4. The first kappa shape index (κ1) is 14.5. The van der Waals surface area contributed by atoms with E-state index in [-0.39, 0.29) is 5.82 Å². The molecule has 0 saturated carbocycles. The Morgan fingerprint density at radius 1 is 1.45 bits per heavy atom. The molecule has 0 fully saturated rings. The zero-order valence-electron chi connectivity index (χ0n) is 11.9. The molecule has 0 bridgehead atoms. The molecule has 1 atom stereocenters. The van der Waals surface area contributed by atoms with Gasteiger partial charge in [-0.15, -0.1) is 0 Å². The van der Waals surface area contributed by atoms with Gasteiger partial charge in [0.25, 0.3) is 0 Å². The van der Waals surface area contributed by atoms with Gasteiger partial charge in [0.05, 0.1) is 18.8 Å². The summed E-state index contributed by atoms with van der Waals surface area (Å²) in [5.74, 6) is 5.74. The Morgan fingerprint density at radius 2 is 2.20 bits per heavy atom. The average Bonchev–Trinajstić information content (AvgIpc) is 2.82. The number of hydrogen-bond acceptors (Lipinski definition) is 4. The second-order valence-corrected chi connectivity index (χ2v) is 4.55. The number of methoxy groups -OCH3 is 1. The maximum Gasteiger partial charge on any atom is 0.132 e. The van der Waals surface area contributed by atoms with Crippen LogP contribution in [0.15, 0.2) is 24.4 Å². The maximum absolute atomic E-state index is 14.2. The summed E-state index contributed by atoms with van der Waals surface area (Å²) in [5.41, 5.74) is 4.91. The molecule has 5 nitrogen and oxygen atoms in total. The van der Waals surface area contributed by atoms with Crippen molar-refractivity contribution in [1.82, 2.24) is 15.2 Å². The van der Waals surface area contributed by atoms with Crippen molar-refractivity contribution in [1.29, 1.82) is 0 Å². The highest BCUT2D eigenvalue weighted by Gasteiger charge is 2.21. The predicted molar refractivity (Wildman–Crippen MR) is 74.7 cm³/mol. The summed E-state index contributed by atoms with van der Waals surface area (Å²) in [6, 6.07) is 4.29. The van der Waals surface area contributed by atoms with E-state index in [1.54, 1.807) is 16.8 Å². The van der Waals surface area contributed by atoms with E-state index in [1.807, 2.05) is 20.2 Å². The Bertz CT molecular complexity index is 597. The van der Waals surface area contributed by atoms with Crippen molar-refractivity contribution in [3.63, 3.8) is 0 Å². The molecule has 0 radical (unpaired) electrons. The fourth-order valence-electron chi connectivity index (χ4n) is 2.28. The Balaban J connectivity index is 2.46. The Morgan fingerprint density at radius 3 is 2.75 bits per heavy atom. The van der Waals surface area contributed by atoms with Crippen molar-refractivity contribution >= 4 is 0 Å². The molecule has 1 unspecified atom stereocenters. The smallest absolute Gasteiger partial charge is 0.132 e. The van der Waals surface area contributed by atoms with Gasteiger partial charge in [0.2, 0.25) is 0 Å². The van der Waals surface area contributed by atoms with E-state index in [1.165, 1.54) is 13.2 Å². The van der Waals surface area contributed by atoms with E-state index in [0.717, 1.165) is 17.7 Å². The van der Waals surface area contributed by atoms with Gasteiger partial charge < -0.3 is 4.74 Å². The van der Waals surface area contributed by atoms with E-state index < -0.39 is 6.04 Å². The zero-order chi connectivity index (χ0) is 14.7. The molecule has 6 heteroatoms. The van der Waals surface area contributed by atoms with Crippen molar-refractivity contribution in [2.75, 3.05) is 7.11 Å². The molecule has 20 heavy (non-hydrogen) atoms. The minimum Gasteiger partial charge on any atom is -0.497 e. The van der Waals surface area contributed by atoms with E-state index in [9.17, 15) is 4.39 Å². The Hall–Kier alpha value is -1.92. The van der Waals surface area contributed by atoms with Crippen LogP contribution in [0.1, 0.15) is 29.8 Å². The number of benzene rings is 1. The summed E-state index contributed by atoms with van der Waals surface area (Å²) >= 11 is 0. The molecule has 0 aliphatic rings. The first-order chi connectivity index (χ1) is 9.60. The van der Waals surface area contributed by atoms with Gasteiger partial charge in [-0.1, -0.05) is 13.0 Å². The third-order valence-corrected chi connectivity index (χ3v) is 3.27. The Labute approximate surface area is 117 Å². The number of nitrogens with two attached hydrogens (primary N) is 1. The molecule has 0 amide bonds. The second-order valence-electron chi connectivity index (χ2n) is 4.55. The second kappa shape index (κ2) is 6.02. The highest BCUT2D eigenvalue weighted by molar-refractivity contribution is 5.37. The van der Waals surface area contributed by atoms with Crippen LogP contribution in [-0.2, 0) is 13.5 Å². The molecule has 3 N–H and O–H groups in total. The van der Waals surface area contributed by atoms with E-state index in [4.69, 9.17) is 10.6 Å². The fraction of sp³-hybridized carbons (Fsp3) is 0.357. The van der Waals surface area contributed by atoms with E-state index in [2.05, 4.69) is 10.5 Å². The highest BCUT2D eigenvalue weighted by atomic mass is 19.1. The van der Waals surface area contributed by atoms with Crippen molar-refractivity contribution in [2.24, 2.45) is 12.9 Å². The van der Waals surface area contributed by atoms with Crippen LogP contribution in [0.3, 0.4) is 0 Å². The lowest BCUT2D eigenvalue weighted by Gasteiger charge is -2.17. The van der Waals surface area contributed by atoms with Crippen LogP contribution in [0, 0.1) is 5.82 Å². The van der Waals surface area contributed by atoms with Crippen molar-refractivity contribution in [3.8, 4) is 5.75 Å². The molecule has 0 aliphatic carbocycles. The minimum absolute atomic E-state index is 0.363. The third kappa shape index (κ3) is 2.66. The van der Waals surface area contributed by atoms with Crippen LogP contribution in [0.25, 0.3) is 0 Å². The van der Waals surface area contributed by atoms with Crippen molar-refractivity contribution < 1.29 is 9.13 Å². The summed E-state index contributed by atoms with van der Waals surface area (Å²) in [7, 11) is 3.34. The van der Waals surface area contributed by atoms with Crippen LogP contribution in [-0.4, -0.2) is 16.9 Å². The molecule has 2 rings (SSSR count). The Kier molecular flexibility index (Phi) is 4.36. The highest BCUT2D eigenvalue weighted by Crippen LogP contribution is 2.28. The summed E-state index contributed by atoms with van der Waals surface area (Å²) in [6.07, 6.45) is 2.61. The van der Waals surface area contributed by atoms with Gasteiger partial charge in [-0.2, -0.15) is 5.10 Å². The number of halogens is 1. The molecule has 1 aromatic carbocycles. The number of nitrogens with one attached hydrogen (secondary N) is 1. The van der Waals surface area contributed by atoms with Gasteiger partial charge in [-0.3, -0.25) is 10.5 Å². The van der Waals surface area contributed by atoms with Gasteiger partial charge in [0.15, 0.2) is 0 Å². The molecule has 1 heterocycles. The number of hydrazine groups is 1. The minimum atomic E-state index is -0.440. The van der Waals surface area contributed by atoms with E-state index >= 15 is 0 Å². The van der Waals surface area contributed by atoms with Gasteiger partial charge in [-0.25, -0.2) is 9.82 Å². The van der Waals surface area contributed by atoms with Crippen LogP contribution in [0.4, 0.5) is 4.39 Å². The first-order valence-corrected chi connectivity index (χ1v) is 6.42. The molecular weight excluding hydrogens is 259 g/mol. The van der Waals surface area contributed by atoms with Crippen LogP contribution < -0.4 is 16.0 Å². The quantitative estimate of drug-likeness (QED) is 0.645. The topological polar surface area (TPSA) is 65.1 Å². The molecular formula is C14H19FN4O. The molecule has 1 aromatic heterocycles. The van der Waals surface area contributed by atoms with Gasteiger partial charge in [-0.05, 0) is 12.5 Å². The first-order valence-electron chi connectivity index (χ1n) is 6.42. The van der Waals surface area contributed by atoms with Gasteiger partial charge in [0.1, 0.15) is 11.6 Å². The fourth-order valence-corrected chi connectivity index (χ4v) is 2.28. The summed E-state index contributed by atoms with van der Waals surface area (Å²) in [4.78, 5) is 0. The predicted octanol–water partition coefficient (Wildman–Crippen LogP) is 1.68. The zero-order valence-corrected chi connectivity index (χ0v) is 11.9. The molecule has 2 aromatic rings. The standard InChI is InChI=1S/C14H19FN4O/c1-4-13-11(8-19(2)18-13)14(17-16)10-6-5-9(20-3)7-12(10)15/h5-8,14,17H,4,16H2,1-3H3. The van der Waals surface area contributed by atoms with Gasteiger partial charge in [0, 0.05) is 30.4 Å². The van der Waals surface area contributed by atoms with E-state index in [0.29, 0.717) is 11.3 Å². The summed E-state index contributed by atoms with van der Waals surface area (Å²) in [6.45, 7) is 2.00. The van der Waals surface area contributed by atoms with Crippen molar-refractivity contribution in [3.05, 3.63) is 47.0 Å². The third-order valence-electron chi connectivity index (χ3n) is 3.27. The monoisotopic (exact) mass is 278 g/mol. The molecule has 0 saturated heterocycles. The number of aromatic nitrogens is 2. The van der Waals surface area contributed by atoms with Crippen LogP contribution in [0.5, 0.6) is 5.75 Å². The average molecular weight is 278 g/mol. The summed E-state index contributed by atoms with van der Waals surface area (Å²) in [5, 5.41) is 4.36. The molecule has 0 aliphatic heterocycles. The molecule has 108 valence electrons. The summed E-state index contributed by atoms with van der Waals surface area (Å²) < 4.78 is 20.9. The lowest BCUT2D eigenvalue weighted by Crippen LogP contribution is -2.30. The number of hydrogen-bond donors (Lipinski definition) is 2. The number of rotatable bonds is 5. The number of nitrogens with zero attached hydrogens (tertiary/aromatic N) is 2. The molecule has 0 spiro atoms.